The van der Waals surface area contributed by atoms with Gasteiger partial charge in [-0.3, -0.25) is 4.79 Å². The molecule has 0 bridgehead atoms. The van der Waals surface area contributed by atoms with Crippen LogP contribution in [0.2, 0.25) is 5.02 Å². The van der Waals surface area contributed by atoms with Crippen LogP contribution in [0, 0.1) is 0 Å². The third kappa shape index (κ3) is 6.45. The number of carbonyl (C=O) groups is 1. The summed E-state index contributed by atoms with van der Waals surface area (Å²) < 4.78 is 16.2. The Labute approximate surface area is 184 Å². The van der Waals surface area contributed by atoms with E-state index >= 15 is 0 Å². The fourth-order valence-electron chi connectivity index (χ4n) is 2.71. The van der Waals surface area contributed by atoms with Crippen LogP contribution in [0.25, 0.3) is 0 Å². The lowest BCUT2D eigenvalue weighted by Crippen LogP contribution is -2.25. The summed E-state index contributed by atoms with van der Waals surface area (Å²) in [6.45, 7) is 0.490. The normalized spacial score (nSPS) is 10.2. The maximum absolute atomic E-state index is 12.3. The Hall–Kier alpha value is -2.61. The molecule has 0 fully saturated rings. The van der Waals surface area contributed by atoms with Crippen molar-refractivity contribution < 1.29 is 24.2 Å². The summed E-state index contributed by atoms with van der Waals surface area (Å²) in [4.78, 5) is 13.4. The Kier molecular flexibility index (Phi) is 9.11. The highest BCUT2D eigenvalue weighted by atomic mass is 35.5. The molecule has 3 aromatic rings. The second-order valence-corrected chi connectivity index (χ2v) is 7.69. The number of halogens is 1. The summed E-state index contributed by atoms with van der Waals surface area (Å²) in [6.07, 6.45) is 0.673. The van der Waals surface area contributed by atoms with Gasteiger partial charge in [0, 0.05) is 16.5 Å². The van der Waals surface area contributed by atoms with Crippen molar-refractivity contribution in [2.45, 2.75) is 17.1 Å². The number of carbonyl (C=O) groups excluding carboxylic acids is 1. The Morgan fingerprint density at radius 2 is 1.77 bits per heavy atom. The summed E-state index contributed by atoms with van der Waals surface area (Å²) in [5, 5.41) is 3.59. The van der Waals surface area contributed by atoms with Gasteiger partial charge in [0.2, 0.25) is 0 Å². The average Bonchev–Trinajstić information content (AvgIpc) is 3.22. The molecule has 2 aromatic carbocycles. The van der Waals surface area contributed by atoms with Crippen molar-refractivity contribution in [2.75, 3.05) is 20.8 Å². The van der Waals surface area contributed by atoms with Crippen LogP contribution in [0.15, 0.2) is 63.9 Å². The number of amides is 1. The van der Waals surface area contributed by atoms with Crippen LogP contribution >= 0.6 is 23.4 Å². The van der Waals surface area contributed by atoms with Crippen LogP contribution < -0.4 is 14.8 Å². The number of rotatable bonds is 9. The number of hydrogen-bond acceptors (Lipinski definition) is 5. The number of furan rings is 1. The van der Waals surface area contributed by atoms with E-state index in [9.17, 15) is 4.79 Å². The molecule has 0 aliphatic carbocycles. The van der Waals surface area contributed by atoms with Crippen LogP contribution in [0.5, 0.6) is 11.5 Å². The highest BCUT2D eigenvalue weighted by Crippen LogP contribution is 2.28. The largest absolute Gasteiger partial charge is 0.493 e. The van der Waals surface area contributed by atoms with Gasteiger partial charge < -0.3 is 24.7 Å². The SMILES string of the molecule is COc1ccc(CCNC(=O)c2ccc(CSc3ccc(Cl)cc3)o2)cc1OC.O. The van der Waals surface area contributed by atoms with Gasteiger partial charge >= 0.3 is 0 Å². The van der Waals surface area contributed by atoms with Crippen LogP contribution in [0.4, 0.5) is 0 Å². The van der Waals surface area contributed by atoms with E-state index in [0.29, 0.717) is 41.0 Å². The zero-order valence-corrected chi connectivity index (χ0v) is 18.3. The Bertz CT molecular complexity index is 958. The van der Waals surface area contributed by atoms with E-state index in [-0.39, 0.29) is 11.4 Å². The van der Waals surface area contributed by atoms with E-state index in [1.165, 1.54) is 0 Å². The Morgan fingerprint density at radius 1 is 1.03 bits per heavy atom. The lowest BCUT2D eigenvalue weighted by atomic mass is 10.1. The maximum atomic E-state index is 12.3. The summed E-state index contributed by atoms with van der Waals surface area (Å²) in [5.41, 5.74) is 1.04. The van der Waals surface area contributed by atoms with E-state index in [1.807, 2.05) is 48.5 Å². The molecule has 3 rings (SSSR count). The number of hydrogen-bond donors (Lipinski definition) is 1. The van der Waals surface area contributed by atoms with Crippen molar-refractivity contribution in [1.82, 2.24) is 5.32 Å². The van der Waals surface area contributed by atoms with Gasteiger partial charge in [0.25, 0.3) is 5.91 Å². The van der Waals surface area contributed by atoms with E-state index in [2.05, 4.69) is 5.32 Å². The zero-order valence-electron chi connectivity index (χ0n) is 16.7. The molecule has 0 radical (unpaired) electrons. The smallest absolute Gasteiger partial charge is 0.287 e. The molecule has 8 heteroatoms. The standard InChI is InChI=1S/C22H22ClNO4S.H2O/c1-26-19-9-3-15(13-21(19)27-2)11-12-24-22(25)20-10-6-17(28-20)14-29-18-7-4-16(23)5-8-18;/h3-10,13H,11-12,14H2,1-2H3,(H,24,25);1H2. The first kappa shape index (κ1) is 23.7. The van der Waals surface area contributed by atoms with Crippen molar-refractivity contribution in [3.8, 4) is 11.5 Å². The maximum Gasteiger partial charge on any atom is 0.287 e. The van der Waals surface area contributed by atoms with Gasteiger partial charge in [0.1, 0.15) is 5.76 Å². The second-order valence-electron chi connectivity index (χ2n) is 6.20. The first-order chi connectivity index (χ1) is 14.1. The van der Waals surface area contributed by atoms with Crippen molar-refractivity contribution in [1.29, 1.82) is 0 Å². The molecule has 0 saturated carbocycles. The Morgan fingerprint density at radius 3 is 2.47 bits per heavy atom. The van der Waals surface area contributed by atoms with E-state index < -0.39 is 0 Å². The minimum absolute atomic E-state index is 0. The lowest BCUT2D eigenvalue weighted by Gasteiger charge is -2.09. The third-order valence-corrected chi connectivity index (χ3v) is 5.51. The molecular formula is C22H24ClNO5S. The van der Waals surface area contributed by atoms with Gasteiger partial charge in [-0.15, -0.1) is 11.8 Å². The predicted molar refractivity (Wildman–Crippen MR) is 119 cm³/mol. The molecule has 0 atom stereocenters. The van der Waals surface area contributed by atoms with Crippen LogP contribution in [0.3, 0.4) is 0 Å². The van der Waals surface area contributed by atoms with Crippen molar-refractivity contribution in [3.63, 3.8) is 0 Å². The Balaban J connectivity index is 0.00000320. The topological polar surface area (TPSA) is 92.2 Å². The summed E-state index contributed by atoms with van der Waals surface area (Å²) >= 11 is 7.52. The number of benzene rings is 2. The molecule has 30 heavy (non-hydrogen) atoms. The average molecular weight is 450 g/mol. The molecule has 0 saturated heterocycles. The molecule has 1 aromatic heterocycles. The lowest BCUT2D eigenvalue weighted by molar-refractivity contribution is 0.0925. The van der Waals surface area contributed by atoms with Gasteiger partial charge in [-0.2, -0.15) is 0 Å². The van der Waals surface area contributed by atoms with Gasteiger partial charge in [0.05, 0.1) is 20.0 Å². The molecule has 0 unspecified atom stereocenters. The molecule has 0 spiro atoms. The van der Waals surface area contributed by atoms with Gasteiger partial charge in [-0.05, 0) is 60.5 Å². The predicted octanol–water partition coefficient (Wildman–Crippen LogP) is 4.39. The van der Waals surface area contributed by atoms with Crippen molar-refractivity contribution in [3.05, 3.63) is 76.7 Å². The number of ether oxygens (including phenoxy) is 2. The fraction of sp³-hybridized carbons (Fsp3) is 0.227. The minimum Gasteiger partial charge on any atom is -0.493 e. The van der Waals surface area contributed by atoms with Crippen molar-refractivity contribution >= 4 is 29.3 Å². The van der Waals surface area contributed by atoms with Gasteiger partial charge in [-0.25, -0.2) is 0 Å². The molecule has 6 nitrogen and oxygen atoms in total. The molecular weight excluding hydrogens is 426 g/mol. The molecule has 3 N–H and O–H groups in total. The monoisotopic (exact) mass is 449 g/mol. The second kappa shape index (κ2) is 11.5. The number of methoxy groups -OCH3 is 2. The first-order valence-electron chi connectivity index (χ1n) is 9.05. The number of nitrogens with one attached hydrogen (secondary N) is 1. The first-order valence-corrected chi connectivity index (χ1v) is 10.4. The molecule has 0 aliphatic rings. The summed E-state index contributed by atoms with van der Waals surface area (Å²) in [6, 6.07) is 16.8. The molecule has 1 amide bonds. The van der Waals surface area contributed by atoms with Crippen LogP contribution in [0.1, 0.15) is 21.9 Å². The fourth-order valence-corrected chi connectivity index (χ4v) is 3.63. The highest BCUT2D eigenvalue weighted by molar-refractivity contribution is 7.98. The highest BCUT2D eigenvalue weighted by Gasteiger charge is 2.11. The van der Waals surface area contributed by atoms with E-state index in [1.54, 1.807) is 32.0 Å². The number of thioether (sulfide) groups is 1. The van der Waals surface area contributed by atoms with Crippen molar-refractivity contribution in [2.24, 2.45) is 0 Å². The molecule has 160 valence electrons. The van der Waals surface area contributed by atoms with Gasteiger partial charge in [-0.1, -0.05) is 17.7 Å². The van der Waals surface area contributed by atoms with E-state index in [4.69, 9.17) is 25.5 Å². The summed E-state index contributed by atoms with van der Waals surface area (Å²) in [5.74, 6) is 2.82. The van der Waals surface area contributed by atoms with Crippen LogP contribution in [-0.2, 0) is 12.2 Å². The zero-order chi connectivity index (χ0) is 20.6. The quantitative estimate of drug-likeness (QED) is 0.489. The van der Waals surface area contributed by atoms with Crippen LogP contribution in [-0.4, -0.2) is 32.1 Å². The molecule has 0 aliphatic heterocycles. The molecule has 1 heterocycles. The minimum atomic E-state index is -0.229. The van der Waals surface area contributed by atoms with Gasteiger partial charge in [0.15, 0.2) is 17.3 Å². The third-order valence-electron chi connectivity index (χ3n) is 4.23. The summed E-state index contributed by atoms with van der Waals surface area (Å²) in [7, 11) is 3.20. The van der Waals surface area contributed by atoms with E-state index in [0.717, 1.165) is 16.2 Å².